The first-order chi connectivity index (χ1) is 10.2. The third-order valence-corrected chi connectivity index (χ3v) is 5.70. The summed E-state index contributed by atoms with van der Waals surface area (Å²) < 4.78 is 0. The van der Waals surface area contributed by atoms with Crippen molar-refractivity contribution >= 4 is 28.2 Å². The minimum absolute atomic E-state index is 0.0739. The summed E-state index contributed by atoms with van der Waals surface area (Å²) in [5, 5.41) is 0.913. The van der Waals surface area contributed by atoms with Crippen LogP contribution in [0.5, 0.6) is 0 Å². The first-order valence-electron chi connectivity index (χ1n) is 8.03. The molecule has 2 heterocycles. The Morgan fingerprint density at radius 1 is 1.33 bits per heavy atom. The molecule has 0 atom stereocenters. The molecule has 116 valence electrons. The van der Waals surface area contributed by atoms with Crippen LogP contribution in [0, 0.1) is 0 Å². The second-order valence-electron chi connectivity index (χ2n) is 5.93. The van der Waals surface area contributed by atoms with Gasteiger partial charge >= 0.3 is 0 Å². The molecule has 0 unspecified atom stereocenters. The van der Waals surface area contributed by atoms with Crippen molar-refractivity contribution in [3.8, 4) is 0 Å². The first kappa shape index (κ1) is 14.6. The SMILES string of the molecule is CCN(C(=O)c1sc(N2CCCC2)nc1N)C1CCCC1. The zero-order chi connectivity index (χ0) is 14.8. The number of rotatable bonds is 4. The molecule has 1 aliphatic heterocycles. The van der Waals surface area contributed by atoms with E-state index in [0.29, 0.717) is 16.7 Å². The van der Waals surface area contributed by atoms with E-state index < -0.39 is 0 Å². The summed E-state index contributed by atoms with van der Waals surface area (Å²) in [5.74, 6) is 0.480. The summed E-state index contributed by atoms with van der Waals surface area (Å²) in [6, 6.07) is 0.388. The summed E-state index contributed by atoms with van der Waals surface area (Å²) in [6.07, 6.45) is 7.10. The Balaban J connectivity index is 1.79. The van der Waals surface area contributed by atoms with Gasteiger partial charge < -0.3 is 15.5 Å². The van der Waals surface area contributed by atoms with Gasteiger partial charge in [0.15, 0.2) is 5.13 Å². The molecule has 1 saturated heterocycles. The largest absolute Gasteiger partial charge is 0.382 e. The van der Waals surface area contributed by atoms with Crippen LogP contribution in [0.3, 0.4) is 0 Å². The van der Waals surface area contributed by atoms with Gasteiger partial charge in [-0.3, -0.25) is 4.79 Å². The fourth-order valence-corrected chi connectivity index (χ4v) is 4.42. The lowest BCUT2D eigenvalue weighted by atomic mass is 10.2. The van der Waals surface area contributed by atoms with Crippen LogP contribution in [0.2, 0.25) is 0 Å². The van der Waals surface area contributed by atoms with Gasteiger partial charge in [-0.15, -0.1) is 0 Å². The highest BCUT2D eigenvalue weighted by Crippen LogP contribution is 2.33. The number of nitrogens with two attached hydrogens (primary N) is 1. The zero-order valence-corrected chi connectivity index (χ0v) is 13.5. The number of aromatic nitrogens is 1. The molecule has 2 aliphatic rings. The van der Waals surface area contributed by atoms with E-state index in [1.54, 1.807) is 0 Å². The minimum Gasteiger partial charge on any atom is -0.382 e. The second kappa shape index (κ2) is 6.22. The molecule has 6 heteroatoms. The van der Waals surface area contributed by atoms with Crippen LogP contribution in [0.25, 0.3) is 0 Å². The Hall–Kier alpha value is -1.30. The molecule has 2 N–H and O–H groups in total. The van der Waals surface area contributed by atoms with E-state index in [1.807, 2.05) is 4.90 Å². The molecule has 2 fully saturated rings. The lowest BCUT2D eigenvalue weighted by Crippen LogP contribution is -2.38. The van der Waals surface area contributed by atoms with Crippen LogP contribution in [0.1, 0.15) is 55.1 Å². The van der Waals surface area contributed by atoms with Gasteiger partial charge in [0.05, 0.1) is 0 Å². The van der Waals surface area contributed by atoms with E-state index in [1.165, 1.54) is 37.0 Å². The van der Waals surface area contributed by atoms with E-state index in [4.69, 9.17) is 5.73 Å². The van der Waals surface area contributed by atoms with Gasteiger partial charge in [-0.25, -0.2) is 4.98 Å². The molecular formula is C15H24N4OS. The van der Waals surface area contributed by atoms with Crippen LogP contribution in [-0.2, 0) is 0 Å². The molecule has 21 heavy (non-hydrogen) atoms. The van der Waals surface area contributed by atoms with Gasteiger partial charge in [-0.1, -0.05) is 24.2 Å². The monoisotopic (exact) mass is 308 g/mol. The summed E-state index contributed by atoms with van der Waals surface area (Å²) >= 11 is 1.47. The number of carbonyl (C=O) groups is 1. The Morgan fingerprint density at radius 2 is 2.00 bits per heavy atom. The summed E-state index contributed by atoms with van der Waals surface area (Å²) in [6.45, 7) is 4.86. The van der Waals surface area contributed by atoms with Crippen LogP contribution >= 0.6 is 11.3 Å². The van der Waals surface area contributed by atoms with E-state index >= 15 is 0 Å². The second-order valence-corrected chi connectivity index (χ2v) is 6.91. The average molecular weight is 308 g/mol. The normalized spacial score (nSPS) is 19.4. The van der Waals surface area contributed by atoms with Crippen LogP contribution in [0.15, 0.2) is 0 Å². The summed E-state index contributed by atoms with van der Waals surface area (Å²) in [4.78, 5) is 22.1. The molecule has 1 aromatic rings. The Kier molecular flexibility index (Phi) is 4.33. The number of hydrogen-bond acceptors (Lipinski definition) is 5. The maximum absolute atomic E-state index is 12.8. The smallest absolute Gasteiger partial charge is 0.268 e. The number of hydrogen-bond donors (Lipinski definition) is 1. The third kappa shape index (κ3) is 2.86. The molecule has 1 aromatic heterocycles. The van der Waals surface area contributed by atoms with Gasteiger partial charge in [0, 0.05) is 25.7 Å². The summed E-state index contributed by atoms with van der Waals surface area (Å²) in [5.41, 5.74) is 6.03. The molecular weight excluding hydrogens is 284 g/mol. The molecule has 0 spiro atoms. The number of thiazole rings is 1. The molecule has 1 aliphatic carbocycles. The standard InChI is InChI=1S/C15H24N4OS/c1-2-19(11-7-3-4-8-11)14(20)12-13(16)17-15(21-12)18-9-5-6-10-18/h11H,2-10,16H2,1H3. The van der Waals surface area contributed by atoms with Crippen molar-refractivity contribution in [3.05, 3.63) is 4.88 Å². The van der Waals surface area contributed by atoms with E-state index in [9.17, 15) is 4.79 Å². The predicted molar refractivity (Wildman–Crippen MR) is 86.9 cm³/mol. The highest BCUT2D eigenvalue weighted by atomic mass is 32.1. The van der Waals surface area contributed by atoms with E-state index in [0.717, 1.165) is 37.6 Å². The molecule has 1 saturated carbocycles. The van der Waals surface area contributed by atoms with Crippen molar-refractivity contribution in [1.29, 1.82) is 0 Å². The van der Waals surface area contributed by atoms with Gasteiger partial charge in [0.2, 0.25) is 0 Å². The first-order valence-corrected chi connectivity index (χ1v) is 8.84. The Labute approximate surface area is 130 Å². The quantitative estimate of drug-likeness (QED) is 0.929. The topological polar surface area (TPSA) is 62.5 Å². The average Bonchev–Trinajstić information content (AvgIpc) is 3.20. The maximum Gasteiger partial charge on any atom is 0.268 e. The predicted octanol–water partition coefficient (Wildman–Crippen LogP) is 2.73. The Morgan fingerprint density at radius 3 is 2.62 bits per heavy atom. The van der Waals surface area contributed by atoms with Crippen molar-refractivity contribution in [2.75, 3.05) is 30.3 Å². The van der Waals surface area contributed by atoms with Crippen molar-refractivity contribution in [3.63, 3.8) is 0 Å². The van der Waals surface area contributed by atoms with Gasteiger partial charge in [-0.2, -0.15) is 0 Å². The zero-order valence-electron chi connectivity index (χ0n) is 12.7. The lowest BCUT2D eigenvalue weighted by Gasteiger charge is -2.27. The maximum atomic E-state index is 12.8. The van der Waals surface area contributed by atoms with Crippen LogP contribution < -0.4 is 10.6 Å². The van der Waals surface area contributed by atoms with Crippen molar-refractivity contribution < 1.29 is 4.79 Å². The fourth-order valence-electron chi connectivity index (χ4n) is 3.43. The van der Waals surface area contributed by atoms with Crippen molar-refractivity contribution in [2.24, 2.45) is 0 Å². The molecule has 1 amide bonds. The fraction of sp³-hybridized carbons (Fsp3) is 0.733. The van der Waals surface area contributed by atoms with Crippen LogP contribution in [-0.4, -0.2) is 41.5 Å². The van der Waals surface area contributed by atoms with Gasteiger partial charge in [-0.05, 0) is 32.6 Å². The molecule has 0 aromatic carbocycles. The third-order valence-electron chi connectivity index (χ3n) is 4.58. The number of nitrogens with zero attached hydrogens (tertiary/aromatic N) is 3. The van der Waals surface area contributed by atoms with Crippen molar-refractivity contribution in [2.45, 2.75) is 51.5 Å². The van der Waals surface area contributed by atoms with Crippen molar-refractivity contribution in [1.82, 2.24) is 9.88 Å². The van der Waals surface area contributed by atoms with E-state index in [2.05, 4.69) is 16.8 Å². The van der Waals surface area contributed by atoms with Crippen LogP contribution in [0.4, 0.5) is 10.9 Å². The lowest BCUT2D eigenvalue weighted by molar-refractivity contribution is 0.0699. The number of nitrogen functional groups attached to an aromatic ring is 1. The highest BCUT2D eigenvalue weighted by molar-refractivity contribution is 7.18. The molecule has 0 radical (unpaired) electrons. The minimum atomic E-state index is 0.0739. The Bertz CT molecular complexity index is 504. The number of anilines is 2. The highest BCUT2D eigenvalue weighted by Gasteiger charge is 2.30. The number of amides is 1. The molecule has 0 bridgehead atoms. The molecule has 3 rings (SSSR count). The van der Waals surface area contributed by atoms with Gasteiger partial charge in [0.25, 0.3) is 5.91 Å². The van der Waals surface area contributed by atoms with Gasteiger partial charge in [0.1, 0.15) is 10.7 Å². The number of carbonyl (C=O) groups excluding carboxylic acids is 1. The van der Waals surface area contributed by atoms with E-state index in [-0.39, 0.29) is 5.91 Å². The summed E-state index contributed by atoms with van der Waals surface area (Å²) in [7, 11) is 0. The molecule has 5 nitrogen and oxygen atoms in total.